The molecule has 2 aromatic heterocycles. The fourth-order valence-electron chi connectivity index (χ4n) is 9.72. The van der Waals surface area contributed by atoms with Crippen LogP contribution in [0, 0.1) is 21.4 Å². The summed E-state index contributed by atoms with van der Waals surface area (Å²) >= 11 is 6.24. The van der Waals surface area contributed by atoms with Gasteiger partial charge in [0, 0.05) is 86.3 Å². The number of nitro benzene ring substituents is 1. The molecule has 3 aromatic carbocycles. The van der Waals surface area contributed by atoms with Crippen LogP contribution in [0.15, 0.2) is 89.6 Å². The maximum Gasteiger partial charge on any atom is 0.409 e. The number of nitrogens with one attached hydrogen (secondary N) is 3. The highest BCUT2D eigenvalue weighted by Gasteiger charge is 2.37. The monoisotopic (exact) mass is 952 g/mol. The van der Waals surface area contributed by atoms with Gasteiger partial charge in [-0.3, -0.25) is 19.8 Å². The number of amides is 2. The zero-order valence-corrected chi connectivity index (χ0v) is 39.1. The van der Waals surface area contributed by atoms with E-state index in [0.29, 0.717) is 50.4 Å². The first-order valence-electron chi connectivity index (χ1n) is 22.4. The largest absolute Gasteiger partial charge is 0.489 e. The summed E-state index contributed by atoms with van der Waals surface area (Å²) < 4.78 is 47.2. The second kappa shape index (κ2) is 18.7. The lowest BCUT2D eigenvalue weighted by Crippen LogP contribution is -2.47. The summed E-state index contributed by atoms with van der Waals surface area (Å²) in [5, 5.41) is 17.1. The molecule has 0 unspecified atom stereocenters. The molecular formula is C48H53ClN8O9S. The molecule has 0 radical (unpaired) electrons. The van der Waals surface area contributed by atoms with Crippen LogP contribution >= 0.6 is 11.6 Å². The summed E-state index contributed by atoms with van der Waals surface area (Å²) in [5.41, 5.74) is 5.16. The number of ether oxygens (including phenoxy) is 3. The molecule has 352 valence electrons. The van der Waals surface area contributed by atoms with Gasteiger partial charge in [0.25, 0.3) is 21.6 Å². The van der Waals surface area contributed by atoms with Crippen molar-refractivity contribution in [3.63, 3.8) is 0 Å². The normalized spacial score (nSPS) is 19.0. The zero-order valence-electron chi connectivity index (χ0n) is 37.5. The number of nitro groups is 1. The molecule has 19 heteroatoms. The standard InChI is InChI=1S/C48H53ClN8O9S/c1-48(2)14-10-38(30-4-6-34(49)7-5-30)33(26-48)28-54-18-20-55(21-19-54)35-8-9-39(42(23-35)66-36-22-32-11-15-50-45(32)51-27-36)46(58)53-67(62,63)37-24-41(57(60)61)44-43(25-37)65-29-40(52-44)31-12-16-56(17-13-31)47(59)64-3/h4-9,11,15,22-25,27,31,40,52H,10,12-14,16-21,26,28-29H2,1-3H3,(H,50,51)(H,53,58)/t40-/m0/s1. The smallest absolute Gasteiger partial charge is 0.409 e. The molecule has 2 fully saturated rings. The second-order valence-electron chi connectivity index (χ2n) is 18.4. The molecule has 67 heavy (non-hydrogen) atoms. The lowest BCUT2D eigenvalue weighted by Gasteiger charge is -2.39. The first-order chi connectivity index (χ1) is 32.1. The molecule has 0 saturated carbocycles. The van der Waals surface area contributed by atoms with Crippen molar-refractivity contribution in [2.45, 2.75) is 56.9 Å². The maximum atomic E-state index is 14.1. The number of halogens is 1. The van der Waals surface area contributed by atoms with Gasteiger partial charge in [-0.15, -0.1) is 0 Å². The van der Waals surface area contributed by atoms with Crippen molar-refractivity contribution in [3.8, 4) is 17.2 Å². The Bertz CT molecular complexity index is 2850. The number of aromatic nitrogens is 2. The number of piperidine rings is 1. The minimum atomic E-state index is -4.70. The first-order valence-corrected chi connectivity index (χ1v) is 24.3. The number of carbonyl (C=O) groups excluding carboxylic acids is 2. The van der Waals surface area contributed by atoms with Crippen LogP contribution in [0.2, 0.25) is 5.02 Å². The zero-order chi connectivity index (χ0) is 47.0. The molecule has 3 N–H and O–H groups in total. The summed E-state index contributed by atoms with van der Waals surface area (Å²) in [6.45, 7) is 9.54. The number of piperazine rings is 1. The Morgan fingerprint density at radius 3 is 2.51 bits per heavy atom. The topological polar surface area (TPSA) is 202 Å². The third-order valence-electron chi connectivity index (χ3n) is 13.4. The third-order valence-corrected chi connectivity index (χ3v) is 15.0. The van der Waals surface area contributed by atoms with Crippen LogP contribution in [0.4, 0.5) is 21.9 Å². The van der Waals surface area contributed by atoms with E-state index in [2.05, 4.69) is 55.8 Å². The van der Waals surface area contributed by atoms with E-state index in [1.54, 1.807) is 29.3 Å². The Balaban J connectivity index is 0.931. The molecule has 9 rings (SSSR count). The number of rotatable bonds is 11. The predicted octanol–water partition coefficient (Wildman–Crippen LogP) is 8.47. The average molecular weight is 954 g/mol. The van der Waals surface area contributed by atoms with E-state index in [4.69, 9.17) is 25.8 Å². The fourth-order valence-corrected chi connectivity index (χ4v) is 10.9. The highest BCUT2D eigenvalue weighted by molar-refractivity contribution is 7.90. The number of carbonyl (C=O) groups is 2. The molecule has 5 aromatic rings. The Hall–Kier alpha value is -6.37. The Morgan fingerprint density at radius 1 is 1.01 bits per heavy atom. The van der Waals surface area contributed by atoms with Gasteiger partial charge >= 0.3 is 6.09 Å². The van der Waals surface area contributed by atoms with Crippen LogP contribution in [0.3, 0.4) is 0 Å². The first kappa shape index (κ1) is 45.8. The summed E-state index contributed by atoms with van der Waals surface area (Å²) in [4.78, 5) is 51.1. The molecule has 0 bridgehead atoms. The number of H-pyrrole nitrogens is 1. The number of hydrogen-bond acceptors (Lipinski definition) is 13. The van der Waals surface area contributed by atoms with Crippen molar-refractivity contribution in [2.24, 2.45) is 11.3 Å². The SMILES string of the molecule is COC(=O)N1CCC([C@@H]2COc3cc(S(=O)(=O)NC(=O)c4ccc(N5CCN(CC6=C(c7ccc(Cl)cc7)CCC(C)(C)C6)CC5)cc4Oc4cnc5[nH]ccc5c4)cc([N+](=O)[O-])c3N2)CC1. The van der Waals surface area contributed by atoms with Crippen molar-refractivity contribution < 1.29 is 37.1 Å². The van der Waals surface area contributed by atoms with E-state index in [9.17, 15) is 28.1 Å². The molecule has 17 nitrogen and oxygen atoms in total. The number of anilines is 2. The number of aromatic amines is 1. The van der Waals surface area contributed by atoms with Crippen LogP contribution in [0.1, 0.15) is 61.9 Å². The van der Waals surface area contributed by atoms with Crippen LogP contribution < -0.4 is 24.4 Å². The van der Waals surface area contributed by atoms with Gasteiger partial charge < -0.3 is 34.3 Å². The summed E-state index contributed by atoms with van der Waals surface area (Å²) in [6.07, 6.45) is 7.23. The van der Waals surface area contributed by atoms with Gasteiger partial charge in [-0.2, -0.15) is 0 Å². The molecule has 1 aliphatic carbocycles. The van der Waals surface area contributed by atoms with E-state index in [0.717, 1.165) is 61.1 Å². The van der Waals surface area contributed by atoms with Crippen molar-refractivity contribution in [1.82, 2.24) is 24.5 Å². The molecule has 3 aliphatic heterocycles. The lowest BCUT2D eigenvalue weighted by molar-refractivity contribution is -0.384. The third kappa shape index (κ3) is 10.0. The van der Waals surface area contributed by atoms with E-state index in [1.807, 2.05) is 18.2 Å². The molecule has 2 saturated heterocycles. The van der Waals surface area contributed by atoms with Gasteiger partial charge in [-0.1, -0.05) is 43.2 Å². The highest BCUT2D eigenvalue weighted by Crippen LogP contribution is 2.44. The fraction of sp³-hybridized carbons (Fsp3) is 0.396. The van der Waals surface area contributed by atoms with Crippen molar-refractivity contribution in [1.29, 1.82) is 0 Å². The minimum Gasteiger partial charge on any atom is -0.489 e. The number of benzene rings is 3. The summed E-state index contributed by atoms with van der Waals surface area (Å²) in [6, 6.07) is 18.5. The molecule has 0 spiro atoms. The van der Waals surface area contributed by atoms with Gasteiger partial charge in [0.15, 0.2) is 11.4 Å². The number of fused-ring (bicyclic) bond motifs is 2. The summed E-state index contributed by atoms with van der Waals surface area (Å²) in [7, 11) is -3.37. The van der Waals surface area contributed by atoms with E-state index >= 15 is 0 Å². The predicted molar refractivity (Wildman–Crippen MR) is 255 cm³/mol. The number of allylic oxidation sites excluding steroid dienone is 1. The molecule has 4 aliphatic rings. The minimum absolute atomic E-state index is 0.0243. The second-order valence-corrected chi connectivity index (χ2v) is 20.5. The van der Waals surface area contributed by atoms with Gasteiger partial charge in [0.1, 0.15) is 23.8 Å². The van der Waals surface area contributed by atoms with Crippen molar-refractivity contribution >= 4 is 67.3 Å². The van der Waals surface area contributed by atoms with Crippen LogP contribution in [-0.2, 0) is 14.8 Å². The van der Waals surface area contributed by atoms with Crippen molar-refractivity contribution in [2.75, 3.05) is 69.7 Å². The van der Waals surface area contributed by atoms with E-state index in [-0.39, 0.29) is 46.7 Å². The average Bonchev–Trinajstić information content (AvgIpc) is 3.79. The van der Waals surface area contributed by atoms with E-state index < -0.39 is 37.5 Å². The van der Waals surface area contributed by atoms with E-state index in [1.165, 1.54) is 42.1 Å². The van der Waals surface area contributed by atoms with Gasteiger partial charge in [-0.25, -0.2) is 22.9 Å². The Labute approximate surface area is 393 Å². The number of likely N-dealkylation sites (tertiary alicyclic amines) is 1. The van der Waals surface area contributed by atoms with Crippen LogP contribution in [-0.4, -0.2) is 111 Å². The number of methoxy groups -OCH3 is 1. The van der Waals surface area contributed by atoms with Crippen molar-refractivity contribution in [3.05, 3.63) is 111 Å². The lowest BCUT2D eigenvalue weighted by atomic mass is 9.73. The molecule has 1 atom stereocenters. The summed E-state index contributed by atoms with van der Waals surface area (Å²) in [5.74, 6) is -0.587. The Kier molecular flexibility index (Phi) is 12.8. The maximum absolute atomic E-state index is 14.1. The van der Waals surface area contributed by atoms with Crippen LogP contribution in [0.5, 0.6) is 17.2 Å². The molecule has 5 heterocycles. The van der Waals surface area contributed by atoms with Gasteiger partial charge in [0.05, 0.1) is 34.7 Å². The number of nitrogens with zero attached hydrogens (tertiary/aromatic N) is 5. The number of hydrogen-bond donors (Lipinski definition) is 3. The van der Waals surface area contributed by atoms with Gasteiger partial charge in [-0.05, 0) is 91.0 Å². The van der Waals surface area contributed by atoms with Gasteiger partial charge in [0.2, 0.25) is 0 Å². The highest BCUT2D eigenvalue weighted by atomic mass is 35.5. The Morgan fingerprint density at radius 2 is 1.78 bits per heavy atom. The number of pyridine rings is 1. The molecular weight excluding hydrogens is 900 g/mol. The molecule has 2 amide bonds. The quantitative estimate of drug-likeness (QED) is 0.0842. The number of sulfonamides is 1. The van der Waals surface area contributed by atoms with Crippen LogP contribution in [0.25, 0.3) is 16.6 Å².